The predicted octanol–water partition coefficient (Wildman–Crippen LogP) is 2.28. The van der Waals surface area contributed by atoms with Crippen LogP contribution in [-0.4, -0.2) is 29.9 Å². The van der Waals surface area contributed by atoms with Gasteiger partial charge in [0, 0.05) is 22.7 Å². The molecule has 1 saturated heterocycles. The van der Waals surface area contributed by atoms with E-state index in [0.29, 0.717) is 6.54 Å². The van der Waals surface area contributed by atoms with Crippen LogP contribution < -0.4 is 5.73 Å². The lowest BCUT2D eigenvalue weighted by molar-refractivity contribution is 0.0708. The highest BCUT2D eigenvalue weighted by Gasteiger charge is 2.23. The molecule has 1 fully saturated rings. The van der Waals surface area contributed by atoms with Crippen LogP contribution in [0.2, 0.25) is 0 Å². The summed E-state index contributed by atoms with van der Waals surface area (Å²) in [5.41, 5.74) is 6.67. The van der Waals surface area contributed by atoms with Crippen LogP contribution >= 0.6 is 35.0 Å². The molecule has 0 aromatic heterocycles. The number of carbonyl (C=O) groups excluding carboxylic acids is 1. The molecule has 0 bridgehead atoms. The van der Waals surface area contributed by atoms with E-state index in [1.165, 1.54) is 0 Å². The van der Waals surface area contributed by atoms with Gasteiger partial charge < -0.3 is 10.6 Å². The Morgan fingerprint density at radius 1 is 1.41 bits per heavy atom. The van der Waals surface area contributed by atoms with E-state index in [1.807, 2.05) is 29.2 Å². The zero-order chi connectivity index (χ0) is 11.5. The predicted molar refractivity (Wildman–Crippen MR) is 79.5 cm³/mol. The van der Waals surface area contributed by atoms with E-state index in [1.54, 1.807) is 0 Å². The summed E-state index contributed by atoms with van der Waals surface area (Å²) in [4.78, 5) is 14.1. The fourth-order valence-corrected chi connectivity index (χ4v) is 2.62. The van der Waals surface area contributed by atoms with Crippen molar-refractivity contribution < 1.29 is 4.79 Å². The maximum absolute atomic E-state index is 12.2. The van der Waals surface area contributed by atoms with Gasteiger partial charge in [-0.25, -0.2) is 0 Å². The highest BCUT2D eigenvalue weighted by molar-refractivity contribution is 14.1. The van der Waals surface area contributed by atoms with Crippen LogP contribution in [0.3, 0.4) is 0 Å². The molecule has 5 heteroatoms. The number of likely N-dealkylation sites (tertiary alicyclic amines) is 1. The Labute approximate surface area is 121 Å². The van der Waals surface area contributed by atoms with Gasteiger partial charge in [0.25, 0.3) is 5.91 Å². The third-order valence-corrected chi connectivity index (χ3v) is 3.79. The molecule has 1 unspecified atom stereocenters. The van der Waals surface area contributed by atoms with E-state index < -0.39 is 0 Å². The molecule has 1 atom stereocenters. The van der Waals surface area contributed by atoms with E-state index in [0.717, 1.165) is 28.5 Å². The first-order valence-electron chi connectivity index (χ1n) is 5.48. The Balaban J connectivity index is 0.00000144. The summed E-state index contributed by atoms with van der Waals surface area (Å²) in [5, 5.41) is 0. The Morgan fingerprint density at radius 3 is 2.76 bits per heavy atom. The van der Waals surface area contributed by atoms with Gasteiger partial charge in [-0.3, -0.25) is 4.79 Å². The second-order valence-electron chi connectivity index (χ2n) is 4.13. The Hall–Kier alpha value is -0.330. The smallest absolute Gasteiger partial charge is 0.254 e. The molecule has 2 N–H and O–H groups in total. The summed E-state index contributed by atoms with van der Waals surface area (Å²) in [7, 11) is 0. The zero-order valence-corrected chi connectivity index (χ0v) is 12.4. The van der Waals surface area contributed by atoms with Crippen molar-refractivity contribution in [2.75, 3.05) is 13.1 Å². The average Bonchev–Trinajstić information content (AvgIpc) is 2.29. The summed E-state index contributed by atoms with van der Waals surface area (Å²) < 4.78 is 1.00. The molecule has 3 nitrogen and oxygen atoms in total. The van der Waals surface area contributed by atoms with Crippen molar-refractivity contribution >= 4 is 40.9 Å². The second-order valence-corrected chi connectivity index (χ2v) is 5.30. The first kappa shape index (κ1) is 14.7. The standard InChI is InChI=1S/C12H15IN2O.ClH/c13-11-6-2-1-5-10(11)12(16)15-7-3-4-9(14)8-15;/h1-2,5-6,9H,3-4,7-8,14H2;1H. The van der Waals surface area contributed by atoms with E-state index in [2.05, 4.69) is 22.6 Å². The van der Waals surface area contributed by atoms with Crippen LogP contribution in [0.5, 0.6) is 0 Å². The molecule has 1 aliphatic rings. The minimum absolute atomic E-state index is 0. The first-order valence-corrected chi connectivity index (χ1v) is 6.56. The van der Waals surface area contributed by atoms with Crippen LogP contribution in [0.4, 0.5) is 0 Å². The number of carbonyl (C=O) groups is 1. The number of hydrogen-bond acceptors (Lipinski definition) is 2. The van der Waals surface area contributed by atoms with Gasteiger partial charge in [-0.05, 0) is 47.6 Å². The number of rotatable bonds is 1. The van der Waals surface area contributed by atoms with Gasteiger partial charge in [0.1, 0.15) is 0 Å². The lowest BCUT2D eigenvalue weighted by Crippen LogP contribution is -2.45. The first-order chi connectivity index (χ1) is 7.68. The number of halogens is 2. The summed E-state index contributed by atoms with van der Waals surface area (Å²) in [6.07, 6.45) is 2.03. The molecular weight excluding hydrogens is 351 g/mol. The lowest BCUT2D eigenvalue weighted by Gasteiger charge is -2.31. The molecule has 0 saturated carbocycles. The fraction of sp³-hybridized carbons (Fsp3) is 0.417. The molecule has 0 spiro atoms. The average molecular weight is 367 g/mol. The lowest BCUT2D eigenvalue weighted by atomic mass is 10.1. The largest absolute Gasteiger partial charge is 0.337 e. The van der Waals surface area contributed by atoms with Crippen LogP contribution in [0.1, 0.15) is 23.2 Å². The van der Waals surface area contributed by atoms with Crippen molar-refractivity contribution in [3.8, 4) is 0 Å². The Bertz CT molecular complexity index is 400. The van der Waals surface area contributed by atoms with Crippen molar-refractivity contribution in [2.45, 2.75) is 18.9 Å². The molecule has 1 heterocycles. The highest BCUT2D eigenvalue weighted by Crippen LogP contribution is 2.17. The molecule has 1 aliphatic heterocycles. The number of nitrogens with zero attached hydrogens (tertiary/aromatic N) is 1. The number of nitrogens with two attached hydrogens (primary N) is 1. The maximum atomic E-state index is 12.2. The summed E-state index contributed by atoms with van der Waals surface area (Å²) in [6, 6.07) is 7.82. The van der Waals surface area contributed by atoms with Crippen molar-refractivity contribution in [1.82, 2.24) is 4.90 Å². The number of piperidine rings is 1. The third kappa shape index (κ3) is 3.56. The van der Waals surface area contributed by atoms with Crippen molar-refractivity contribution in [2.24, 2.45) is 5.73 Å². The van der Waals surface area contributed by atoms with E-state index in [-0.39, 0.29) is 24.4 Å². The van der Waals surface area contributed by atoms with Gasteiger partial charge in [0.15, 0.2) is 0 Å². The number of hydrogen-bond donors (Lipinski definition) is 1. The number of amides is 1. The van der Waals surface area contributed by atoms with Crippen molar-refractivity contribution in [3.05, 3.63) is 33.4 Å². The van der Waals surface area contributed by atoms with Crippen LogP contribution in [0, 0.1) is 3.57 Å². The second kappa shape index (κ2) is 6.56. The van der Waals surface area contributed by atoms with E-state index in [9.17, 15) is 4.79 Å². The van der Waals surface area contributed by atoms with Gasteiger partial charge in [-0.15, -0.1) is 12.4 Å². The minimum atomic E-state index is 0. The van der Waals surface area contributed by atoms with Crippen molar-refractivity contribution in [1.29, 1.82) is 0 Å². The van der Waals surface area contributed by atoms with Crippen LogP contribution in [0.25, 0.3) is 0 Å². The van der Waals surface area contributed by atoms with Crippen LogP contribution in [-0.2, 0) is 0 Å². The SMILES string of the molecule is Cl.NC1CCCN(C(=O)c2ccccc2I)C1. The van der Waals surface area contributed by atoms with Gasteiger partial charge in [0.05, 0.1) is 5.56 Å². The molecule has 0 radical (unpaired) electrons. The summed E-state index contributed by atoms with van der Waals surface area (Å²) in [6.45, 7) is 1.52. The number of benzene rings is 1. The van der Waals surface area contributed by atoms with E-state index >= 15 is 0 Å². The molecule has 1 aromatic rings. The molecule has 1 amide bonds. The highest BCUT2D eigenvalue weighted by atomic mass is 127. The third-order valence-electron chi connectivity index (χ3n) is 2.85. The zero-order valence-electron chi connectivity index (χ0n) is 9.43. The molecular formula is C12H16ClIN2O. The van der Waals surface area contributed by atoms with Gasteiger partial charge in [-0.1, -0.05) is 12.1 Å². The summed E-state index contributed by atoms with van der Waals surface area (Å²) in [5.74, 6) is 0.111. The van der Waals surface area contributed by atoms with Gasteiger partial charge in [0.2, 0.25) is 0 Å². The molecule has 17 heavy (non-hydrogen) atoms. The monoisotopic (exact) mass is 366 g/mol. The maximum Gasteiger partial charge on any atom is 0.254 e. The van der Waals surface area contributed by atoms with Gasteiger partial charge in [-0.2, -0.15) is 0 Å². The minimum Gasteiger partial charge on any atom is -0.337 e. The van der Waals surface area contributed by atoms with Crippen LogP contribution in [0.15, 0.2) is 24.3 Å². The Morgan fingerprint density at radius 2 is 2.12 bits per heavy atom. The molecule has 1 aromatic carbocycles. The fourth-order valence-electron chi connectivity index (χ4n) is 2.00. The van der Waals surface area contributed by atoms with Gasteiger partial charge >= 0.3 is 0 Å². The molecule has 94 valence electrons. The van der Waals surface area contributed by atoms with E-state index in [4.69, 9.17) is 5.73 Å². The summed E-state index contributed by atoms with van der Waals surface area (Å²) >= 11 is 2.20. The quantitative estimate of drug-likeness (QED) is 0.775. The topological polar surface area (TPSA) is 46.3 Å². The Kier molecular flexibility index (Phi) is 5.69. The molecule has 0 aliphatic carbocycles. The van der Waals surface area contributed by atoms with Crippen molar-refractivity contribution in [3.63, 3.8) is 0 Å². The normalized spacial score (nSPS) is 19.6. The molecule has 2 rings (SSSR count).